The van der Waals surface area contributed by atoms with Gasteiger partial charge in [-0.15, -0.1) is 0 Å². The van der Waals surface area contributed by atoms with Gasteiger partial charge in [0.2, 0.25) is 5.95 Å². The largest absolute Gasteiger partial charge is 0.311 e. The molecule has 0 saturated heterocycles. The lowest BCUT2D eigenvalue weighted by atomic mass is 9.95. The fourth-order valence-electron chi connectivity index (χ4n) is 9.44. The molecule has 0 spiro atoms. The van der Waals surface area contributed by atoms with Crippen LogP contribution < -0.4 is 0 Å². The van der Waals surface area contributed by atoms with Crippen LogP contribution in [0.25, 0.3) is 112 Å². The number of fused-ring (bicyclic) bond motifs is 5. The van der Waals surface area contributed by atoms with Gasteiger partial charge in [0, 0.05) is 27.6 Å². The van der Waals surface area contributed by atoms with Gasteiger partial charge < -0.3 is 4.40 Å². The summed E-state index contributed by atoms with van der Waals surface area (Å²) in [7, 11) is 0. The van der Waals surface area contributed by atoms with E-state index < -0.39 is 0 Å². The molecule has 65 heavy (non-hydrogen) atoms. The van der Waals surface area contributed by atoms with Gasteiger partial charge in [0.15, 0.2) is 11.6 Å². The highest BCUT2D eigenvalue weighted by molar-refractivity contribution is 6.20. The summed E-state index contributed by atoms with van der Waals surface area (Å²) in [5.41, 5.74) is 17.2. The van der Waals surface area contributed by atoms with Crippen LogP contribution in [0.3, 0.4) is 0 Å². The zero-order chi connectivity index (χ0) is 43.3. The highest BCUT2D eigenvalue weighted by atomic mass is 15.2. The summed E-state index contributed by atoms with van der Waals surface area (Å²) < 4.78 is 4.65. The lowest BCUT2D eigenvalue weighted by Gasteiger charge is -2.15. The minimum atomic E-state index is 0.544. The van der Waals surface area contributed by atoms with Crippen molar-refractivity contribution in [3.05, 3.63) is 236 Å². The molecular weight excluding hydrogens is 791 g/mol. The molecular formula is C60H41N5. The van der Waals surface area contributed by atoms with Gasteiger partial charge in [-0.2, -0.15) is 9.97 Å². The Balaban J connectivity index is 1.19. The van der Waals surface area contributed by atoms with Gasteiger partial charge >= 0.3 is 0 Å². The summed E-state index contributed by atoms with van der Waals surface area (Å²) >= 11 is 0. The molecule has 12 rings (SSSR count). The second kappa shape index (κ2) is 15.9. The van der Waals surface area contributed by atoms with E-state index in [1.54, 1.807) is 0 Å². The molecule has 0 aliphatic rings. The molecule has 0 fully saturated rings. The van der Waals surface area contributed by atoms with Crippen molar-refractivity contribution in [3.8, 4) is 84.5 Å². The second-order valence-electron chi connectivity index (χ2n) is 16.5. The summed E-state index contributed by atoms with van der Waals surface area (Å²) in [6.45, 7) is 2.18. The van der Waals surface area contributed by atoms with Crippen LogP contribution in [0.15, 0.2) is 231 Å². The molecule has 306 valence electrons. The van der Waals surface area contributed by atoms with E-state index in [1.807, 2.05) is 0 Å². The van der Waals surface area contributed by atoms with Crippen LogP contribution in [0, 0.1) is 6.92 Å². The van der Waals surface area contributed by atoms with Crippen molar-refractivity contribution in [2.75, 3.05) is 0 Å². The van der Waals surface area contributed by atoms with Crippen molar-refractivity contribution in [3.63, 3.8) is 0 Å². The Kier molecular flexibility index (Phi) is 9.31. The minimum absolute atomic E-state index is 0.544. The molecule has 4 heterocycles. The highest BCUT2D eigenvalue weighted by Crippen LogP contribution is 2.43. The lowest BCUT2D eigenvalue weighted by Crippen LogP contribution is -2.07. The summed E-state index contributed by atoms with van der Waals surface area (Å²) in [6, 6.07) is 81.5. The van der Waals surface area contributed by atoms with Gasteiger partial charge in [0.25, 0.3) is 0 Å². The zero-order valence-electron chi connectivity index (χ0n) is 35.7. The molecule has 5 nitrogen and oxygen atoms in total. The van der Waals surface area contributed by atoms with E-state index in [0.717, 1.165) is 99.9 Å². The van der Waals surface area contributed by atoms with E-state index in [1.165, 1.54) is 0 Å². The SMILES string of the molecule is Cc1cccc2c3c(c(-c4ccccc4)n12)c1ccccc1n3-c1nc(-c2cc(-c3ccccc3)cc(-c3ccccc3)c2)nc(-c2cc(-c3ccccc3)cc(-c3ccccc3)c2)n1. The Morgan fingerprint density at radius 3 is 1.17 bits per heavy atom. The Morgan fingerprint density at radius 2 is 0.708 bits per heavy atom. The topological polar surface area (TPSA) is 48.0 Å². The maximum Gasteiger partial charge on any atom is 0.238 e. The number of hydrogen-bond donors (Lipinski definition) is 0. The number of rotatable bonds is 8. The summed E-state index contributed by atoms with van der Waals surface area (Å²) in [5.74, 6) is 1.71. The van der Waals surface area contributed by atoms with Crippen LogP contribution in [-0.4, -0.2) is 23.9 Å². The molecule has 8 aromatic carbocycles. The molecule has 0 unspecified atom stereocenters. The third-order valence-electron chi connectivity index (χ3n) is 12.4. The van der Waals surface area contributed by atoms with Gasteiger partial charge in [-0.05, 0) is 112 Å². The first-order valence-corrected chi connectivity index (χ1v) is 22.0. The maximum atomic E-state index is 5.55. The Labute approximate surface area is 377 Å². The number of aryl methyl sites for hydroxylation is 1. The second-order valence-corrected chi connectivity index (χ2v) is 16.5. The minimum Gasteiger partial charge on any atom is -0.311 e. The van der Waals surface area contributed by atoms with E-state index in [2.05, 4.69) is 246 Å². The van der Waals surface area contributed by atoms with Crippen molar-refractivity contribution in [1.82, 2.24) is 23.9 Å². The van der Waals surface area contributed by atoms with Crippen LogP contribution in [0.2, 0.25) is 0 Å². The van der Waals surface area contributed by atoms with Crippen LogP contribution in [0.1, 0.15) is 5.69 Å². The fraction of sp³-hybridized carbons (Fsp3) is 0.0167. The van der Waals surface area contributed by atoms with Crippen molar-refractivity contribution < 1.29 is 0 Å². The molecule has 0 N–H and O–H groups in total. The normalized spacial score (nSPS) is 11.5. The van der Waals surface area contributed by atoms with E-state index in [0.29, 0.717) is 17.6 Å². The molecule has 0 bridgehead atoms. The number of hydrogen-bond acceptors (Lipinski definition) is 3. The number of pyridine rings is 1. The molecule has 0 radical (unpaired) electrons. The molecule has 12 aromatic rings. The van der Waals surface area contributed by atoms with Crippen LogP contribution in [0.4, 0.5) is 0 Å². The lowest BCUT2D eigenvalue weighted by molar-refractivity contribution is 0.954. The van der Waals surface area contributed by atoms with Gasteiger partial charge in [-0.1, -0.05) is 176 Å². The van der Waals surface area contributed by atoms with Crippen molar-refractivity contribution >= 4 is 27.3 Å². The molecule has 0 atom stereocenters. The van der Waals surface area contributed by atoms with Crippen LogP contribution in [0.5, 0.6) is 0 Å². The molecule has 0 aliphatic carbocycles. The zero-order valence-corrected chi connectivity index (χ0v) is 35.7. The Morgan fingerprint density at radius 1 is 0.323 bits per heavy atom. The highest BCUT2D eigenvalue weighted by Gasteiger charge is 2.26. The van der Waals surface area contributed by atoms with Crippen molar-refractivity contribution in [2.45, 2.75) is 6.92 Å². The quantitative estimate of drug-likeness (QED) is 0.153. The standard InChI is InChI=1S/C60H41N5/c1-40-20-19-33-54-57-55(56(64(40)54)45-29-15-6-16-30-45)52-31-17-18-32-53(52)65(57)60-62-58(50-36-46(41-21-7-2-8-22-41)34-47(37-50)42-23-9-3-10-24-42)61-59(63-60)51-38-48(43-25-11-4-12-26-43)35-49(39-51)44-27-13-5-14-28-44/h2-39H,1H3. The fourth-order valence-corrected chi connectivity index (χ4v) is 9.44. The van der Waals surface area contributed by atoms with E-state index in [-0.39, 0.29) is 0 Å². The number of aromatic nitrogens is 5. The van der Waals surface area contributed by atoms with E-state index >= 15 is 0 Å². The van der Waals surface area contributed by atoms with Crippen molar-refractivity contribution in [2.24, 2.45) is 0 Å². The molecule has 0 aliphatic heterocycles. The van der Waals surface area contributed by atoms with Crippen LogP contribution in [-0.2, 0) is 0 Å². The van der Waals surface area contributed by atoms with Gasteiger partial charge in [0.05, 0.1) is 22.2 Å². The smallest absolute Gasteiger partial charge is 0.238 e. The summed E-state index contributed by atoms with van der Waals surface area (Å²) in [5, 5.41) is 2.28. The number of para-hydroxylation sites is 1. The predicted molar refractivity (Wildman–Crippen MR) is 268 cm³/mol. The summed E-state index contributed by atoms with van der Waals surface area (Å²) in [6.07, 6.45) is 0. The van der Waals surface area contributed by atoms with Gasteiger partial charge in [0.1, 0.15) is 0 Å². The molecule has 4 aromatic heterocycles. The molecule has 5 heteroatoms. The Hall–Kier alpha value is -8.67. The first kappa shape index (κ1) is 38.0. The van der Waals surface area contributed by atoms with E-state index in [4.69, 9.17) is 15.0 Å². The summed E-state index contributed by atoms with van der Waals surface area (Å²) in [4.78, 5) is 16.6. The average molecular weight is 832 g/mol. The molecule has 0 amide bonds. The molecule has 0 saturated carbocycles. The van der Waals surface area contributed by atoms with Gasteiger partial charge in [-0.25, -0.2) is 4.98 Å². The first-order chi connectivity index (χ1) is 32.1. The van der Waals surface area contributed by atoms with Crippen molar-refractivity contribution in [1.29, 1.82) is 0 Å². The monoisotopic (exact) mass is 831 g/mol. The third kappa shape index (κ3) is 6.78. The number of benzene rings is 8. The average Bonchev–Trinajstić information content (AvgIpc) is 3.91. The van der Waals surface area contributed by atoms with Gasteiger partial charge in [-0.3, -0.25) is 4.57 Å². The Bertz CT molecular complexity index is 3430. The predicted octanol–water partition coefficient (Wildman–Crippen LogP) is 15.2. The van der Waals surface area contributed by atoms with Crippen LogP contribution >= 0.6 is 0 Å². The third-order valence-corrected chi connectivity index (χ3v) is 12.4. The first-order valence-electron chi connectivity index (χ1n) is 22.0. The number of nitrogens with zero attached hydrogens (tertiary/aromatic N) is 5. The van der Waals surface area contributed by atoms with E-state index in [9.17, 15) is 0 Å². The maximum absolute atomic E-state index is 5.55.